The molecule has 0 amide bonds. The first-order valence-corrected chi connectivity index (χ1v) is 6.76. The average molecular weight is 289 g/mol. The van der Waals surface area contributed by atoms with Crippen LogP contribution in [0.25, 0.3) is 6.20 Å². The van der Waals surface area contributed by atoms with Gasteiger partial charge in [0.1, 0.15) is 23.6 Å². The Kier molecular flexibility index (Phi) is 3.01. The van der Waals surface area contributed by atoms with Crippen LogP contribution in [0.3, 0.4) is 0 Å². The van der Waals surface area contributed by atoms with E-state index < -0.39 is 0 Å². The fourth-order valence-electron chi connectivity index (χ4n) is 2.16. The Balaban J connectivity index is 1.85. The van der Waals surface area contributed by atoms with E-state index in [9.17, 15) is 0 Å². The molecule has 0 saturated carbocycles. The molecule has 0 saturated heterocycles. The number of nitrogens with zero attached hydrogens (tertiary/aromatic N) is 3. The largest absolute Gasteiger partial charge is 0.461 e. The average Bonchev–Trinajstić information content (AvgIpc) is 3.32. The van der Waals surface area contributed by atoms with Gasteiger partial charge in [0.25, 0.3) is 0 Å². The van der Waals surface area contributed by atoms with E-state index in [-0.39, 0.29) is 0 Å². The molecule has 2 aliphatic heterocycles. The monoisotopic (exact) mass is 289 g/mol. The van der Waals surface area contributed by atoms with E-state index in [1.54, 1.807) is 12.4 Å². The maximum Gasteiger partial charge on any atom is 0.181 e. The van der Waals surface area contributed by atoms with Crippen molar-refractivity contribution in [2.75, 3.05) is 0 Å². The predicted molar refractivity (Wildman–Crippen MR) is 84.4 cm³/mol. The van der Waals surface area contributed by atoms with Crippen LogP contribution in [0, 0.1) is 0 Å². The van der Waals surface area contributed by atoms with Crippen molar-refractivity contribution < 1.29 is 9.47 Å². The smallest absolute Gasteiger partial charge is 0.181 e. The molecule has 2 aliphatic rings. The van der Waals surface area contributed by atoms with E-state index in [0.717, 1.165) is 27.5 Å². The first kappa shape index (κ1) is 12.5. The van der Waals surface area contributed by atoms with Crippen molar-refractivity contribution in [3.8, 4) is 5.75 Å². The van der Waals surface area contributed by atoms with Crippen LogP contribution in [0.4, 0.5) is 11.4 Å². The number of hydrogen-bond donors (Lipinski definition) is 0. The molecule has 22 heavy (non-hydrogen) atoms. The SMILES string of the molecule is C1=COc2ccccc2C=NC=c2c(ccc3c2=N3)N=CO1. The van der Waals surface area contributed by atoms with Gasteiger partial charge in [-0.2, -0.15) is 0 Å². The molecule has 0 bridgehead atoms. The van der Waals surface area contributed by atoms with Crippen LogP contribution in [0.1, 0.15) is 5.56 Å². The molecule has 2 aromatic rings. The van der Waals surface area contributed by atoms with Gasteiger partial charge in [0.05, 0.1) is 11.4 Å². The third-order valence-electron chi connectivity index (χ3n) is 3.27. The second-order valence-electron chi connectivity index (χ2n) is 4.68. The molecular weight excluding hydrogens is 278 g/mol. The van der Waals surface area contributed by atoms with Crippen LogP contribution in [-0.2, 0) is 4.74 Å². The van der Waals surface area contributed by atoms with Crippen molar-refractivity contribution in [1.29, 1.82) is 0 Å². The lowest BCUT2D eigenvalue weighted by Crippen LogP contribution is -2.16. The summed E-state index contributed by atoms with van der Waals surface area (Å²) >= 11 is 0. The Labute approximate surface area is 126 Å². The molecule has 0 atom stereocenters. The standard InChI is InChI=1S/C17H11N3O2/c1-2-4-16-12(3-1)9-18-10-13-14(5-6-15-17(13)20-15)19-11-21-7-8-22-16/h1-11H. The Hall–Kier alpha value is -3.21. The second kappa shape index (κ2) is 5.29. The van der Waals surface area contributed by atoms with Gasteiger partial charge in [0.2, 0.25) is 0 Å². The van der Waals surface area contributed by atoms with Gasteiger partial charge in [-0.05, 0) is 24.3 Å². The molecule has 2 heterocycles. The van der Waals surface area contributed by atoms with Gasteiger partial charge in [-0.3, -0.25) is 4.99 Å². The van der Waals surface area contributed by atoms with E-state index in [1.807, 2.05) is 36.4 Å². The Bertz CT molecular complexity index is 943. The van der Waals surface area contributed by atoms with Crippen LogP contribution in [0.15, 0.2) is 63.9 Å². The third kappa shape index (κ3) is 2.40. The molecule has 0 aliphatic carbocycles. The number of fused-ring (bicyclic) bond motifs is 4. The van der Waals surface area contributed by atoms with Crippen molar-refractivity contribution in [3.05, 3.63) is 65.1 Å². The summed E-state index contributed by atoms with van der Waals surface area (Å²) in [4.78, 5) is 13.0. The van der Waals surface area contributed by atoms with Crippen LogP contribution < -0.4 is 15.3 Å². The van der Waals surface area contributed by atoms with E-state index >= 15 is 0 Å². The van der Waals surface area contributed by atoms with Crippen LogP contribution in [0.2, 0.25) is 0 Å². The van der Waals surface area contributed by atoms with Gasteiger partial charge >= 0.3 is 0 Å². The molecule has 106 valence electrons. The van der Waals surface area contributed by atoms with Gasteiger partial charge in [-0.25, -0.2) is 9.98 Å². The highest BCUT2D eigenvalue weighted by atomic mass is 16.5. The van der Waals surface area contributed by atoms with Gasteiger partial charge < -0.3 is 9.47 Å². The minimum atomic E-state index is 0.699. The van der Waals surface area contributed by atoms with Crippen molar-refractivity contribution in [3.63, 3.8) is 0 Å². The fraction of sp³-hybridized carbons (Fsp3) is 0. The quantitative estimate of drug-likeness (QED) is 0.638. The van der Waals surface area contributed by atoms with Crippen LogP contribution >= 0.6 is 0 Å². The molecule has 0 aromatic heterocycles. The summed E-state index contributed by atoms with van der Waals surface area (Å²) in [7, 11) is 0. The van der Waals surface area contributed by atoms with E-state index in [0.29, 0.717) is 5.75 Å². The Morgan fingerprint density at radius 2 is 1.82 bits per heavy atom. The molecule has 4 rings (SSSR count). The van der Waals surface area contributed by atoms with Crippen molar-refractivity contribution in [1.82, 2.24) is 0 Å². The van der Waals surface area contributed by atoms with Gasteiger partial charge in [0.15, 0.2) is 6.40 Å². The summed E-state index contributed by atoms with van der Waals surface area (Å²) in [6, 6.07) is 11.4. The lowest BCUT2D eigenvalue weighted by molar-refractivity contribution is 0.426. The number of hydrogen-bond acceptors (Lipinski definition) is 5. The summed E-state index contributed by atoms with van der Waals surface area (Å²) in [5.41, 5.74) is 2.62. The molecule has 0 unspecified atom stereocenters. The Morgan fingerprint density at radius 1 is 0.909 bits per heavy atom. The summed E-state index contributed by atoms with van der Waals surface area (Å²) in [6.07, 6.45) is 7.75. The van der Waals surface area contributed by atoms with E-state index in [4.69, 9.17) is 9.47 Å². The summed E-state index contributed by atoms with van der Waals surface area (Å²) < 4.78 is 10.7. The van der Waals surface area contributed by atoms with Crippen LogP contribution in [-0.4, -0.2) is 12.6 Å². The Morgan fingerprint density at radius 3 is 2.82 bits per heavy atom. The van der Waals surface area contributed by atoms with Gasteiger partial charge in [-0.15, -0.1) is 0 Å². The molecule has 5 heteroatoms. The third-order valence-corrected chi connectivity index (χ3v) is 3.27. The number of para-hydroxylation sites is 1. The molecule has 0 spiro atoms. The molecule has 0 fully saturated rings. The second-order valence-corrected chi connectivity index (χ2v) is 4.68. The number of ether oxygens (including phenoxy) is 2. The zero-order valence-electron chi connectivity index (χ0n) is 11.5. The predicted octanol–water partition coefficient (Wildman–Crippen LogP) is 2.35. The highest BCUT2D eigenvalue weighted by molar-refractivity contribution is 5.85. The molecule has 0 radical (unpaired) electrons. The van der Waals surface area contributed by atoms with E-state index in [1.165, 1.54) is 18.9 Å². The lowest BCUT2D eigenvalue weighted by atomic mass is 10.2. The zero-order valence-corrected chi connectivity index (χ0v) is 11.5. The fourth-order valence-corrected chi connectivity index (χ4v) is 2.16. The highest BCUT2D eigenvalue weighted by Crippen LogP contribution is 2.17. The van der Waals surface area contributed by atoms with Crippen molar-refractivity contribution in [2.45, 2.75) is 0 Å². The number of rotatable bonds is 0. The van der Waals surface area contributed by atoms with Gasteiger partial charge in [0, 0.05) is 23.2 Å². The van der Waals surface area contributed by atoms with Crippen molar-refractivity contribution >= 4 is 30.2 Å². The highest BCUT2D eigenvalue weighted by Gasteiger charge is 2.11. The first-order chi connectivity index (χ1) is 10.9. The molecular formula is C17H11N3O2. The molecule has 0 N–H and O–H groups in total. The van der Waals surface area contributed by atoms with E-state index in [2.05, 4.69) is 15.0 Å². The van der Waals surface area contributed by atoms with Crippen LogP contribution in [0.5, 0.6) is 5.75 Å². The minimum absolute atomic E-state index is 0.699. The maximum atomic E-state index is 5.52. The normalized spacial score (nSPS) is 14.4. The summed E-state index contributed by atoms with van der Waals surface area (Å²) in [5.74, 6) is 0.699. The summed E-state index contributed by atoms with van der Waals surface area (Å²) in [6.45, 7) is 0. The molecule has 5 nitrogen and oxygen atoms in total. The van der Waals surface area contributed by atoms with Gasteiger partial charge in [-0.1, -0.05) is 12.1 Å². The number of benzene rings is 2. The molecule has 2 aromatic carbocycles. The first-order valence-electron chi connectivity index (χ1n) is 6.76. The number of aliphatic imine (C=N–C) groups is 2. The minimum Gasteiger partial charge on any atom is -0.461 e. The zero-order chi connectivity index (χ0) is 14.8. The summed E-state index contributed by atoms with van der Waals surface area (Å²) in [5, 5.41) is 1.82. The van der Waals surface area contributed by atoms with Crippen molar-refractivity contribution in [2.24, 2.45) is 15.0 Å². The topological polar surface area (TPSA) is 55.5 Å². The lowest BCUT2D eigenvalue weighted by Gasteiger charge is -2.02. The maximum absolute atomic E-state index is 5.52.